The molecule has 0 unspecified atom stereocenters. The van der Waals surface area contributed by atoms with Gasteiger partial charge in [-0.2, -0.15) is 4.31 Å². The van der Waals surface area contributed by atoms with Crippen molar-refractivity contribution in [2.45, 2.75) is 0 Å². The van der Waals surface area contributed by atoms with Crippen molar-refractivity contribution in [3.63, 3.8) is 0 Å². The Morgan fingerprint density at radius 3 is 0.947 bits per heavy atom. The lowest BCUT2D eigenvalue weighted by atomic mass is 9.93. The van der Waals surface area contributed by atoms with Crippen molar-refractivity contribution in [2.24, 2.45) is 5.41 Å². The van der Waals surface area contributed by atoms with Crippen LogP contribution in [-0.4, -0.2) is 66.4 Å². The van der Waals surface area contributed by atoms with Crippen LogP contribution in [0.1, 0.15) is 0 Å². The molecule has 0 amide bonds. The van der Waals surface area contributed by atoms with Gasteiger partial charge in [0.25, 0.3) is 0 Å². The van der Waals surface area contributed by atoms with E-state index < -0.39 is 47.5 Å². The largest absolute Gasteiger partial charge is 0.478 e. The first-order chi connectivity index (χ1) is 7.95. The second kappa shape index (κ2) is 10.2. The van der Waals surface area contributed by atoms with Gasteiger partial charge < -0.3 is 40.0 Å². The Kier molecular flexibility index (Phi) is 13.1. The minimum atomic E-state index is -5.05. The summed E-state index contributed by atoms with van der Waals surface area (Å²) in [6.07, 6.45) is 0. The van der Waals surface area contributed by atoms with Gasteiger partial charge in [-0.05, 0) is 0 Å². The maximum atomic E-state index is 9.63. The molecule has 120 valence electrons. The van der Waals surface area contributed by atoms with Crippen LogP contribution in [0.2, 0.25) is 0 Å². The third-order valence-corrected chi connectivity index (χ3v) is 3.26. The summed E-state index contributed by atoms with van der Waals surface area (Å²) in [5.74, 6) is 0. The second-order valence-corrected chi connectivity index (χ2v) is 5.81. The maximum Gasteiger partial charge on any atom is 0.478 e. The van der Waals surface area contributed by atoms with E-state index in [1.54, 1.807) is 0 Å². The third kappa shape index (κ3) is 14.6. The summed E-state index contributed by atoms with van der Waals surface area (Å²) in [6, 6.07) is 0. The normalized spacial score (nSPS) is 12.2. The molecule has 8 N–H and O–H groups in total. The van der Waals surface area contributed by atoms with Gasteiger partial charge in [-0.3, -0.25) is 0 Å². The van der Waals surface area contributed by atoms with Crippen molar-refractivity contribution in [1.29, 1.82) is 0 Å². The predicted octanol–water partition coefficient (Wildman–Crippen LogP) is -2.45. The average molecular weight is 351 g/mol. The number of aliphatic hydroxyl groups is 4. The first-order valence-corrected chi connectivity index (χ1v) is 7.27. The Bertz CT molecular complexity index is 269. The Labute approximate surface area is 114 Å². The summed E-state index contributed by atoms with van der Waals surface area (Å²) in [4.78, 5) is 31.0. The summed E-state index contributed by atoms with van der Waals surface area (Å²) in [5, 5.41) is 34.0. The smallest absolute Gasteiger partial charge is 0.396 e. The van der Waals surface area contributed by atoms with E-state index in [9.17, 15) is 9.13 Å². The number of hydrogen-bond acceptors (Lipinski definition) is 7. The van der Waals surface area contributed by atoms with Crippen LogP contribution >= 0.6 is 28.1 Å². The van der Waals surface area contributed by atoms with Crippen molar-refractivity contribution >= 4 is 28.1 Å². The van der Waals surface area contributed by atoms with Gasteiger partial charge in [0.15, 0.2) is 0 Å². The molecule has 0 aliphatic rings. The van der Waals surface area contributed by atoms with Crippen LogP contribution in [0.4, 0.5) is 0 Å². The summed E-state index contributed by atoms with van der Waals surface area (Å²) in [7, 11) is -10.1. The standard InChI is InChI=1S/C5H12O4.ClH.H4O7P2/c6-1-5(2-7,3-8)4-9;;1-8(2,3)7-9(4,5)6/h6-9H,1-4H2;1H;(H2,1,2,3)(H2,4,5,6). The van der Waals surface area contributed by atoms with Gasteiger partial charge in [0, 0.05) is 0 Å². The fourth-order valence-electron chi connectivity index (χ4n) is 0.439. The van der Waals surface area contributed by atoms with Crippen LogP contribution in [0.3, 0.4) is 0 Å². The van der Waals surface area contributed by atoms with Gasteiger partial charge in [0.1, 0.15) is 0 Å². The number of halogens is 1. The Morgan fingerprint density at radius 2 is 0.947 bits per heavy atom. The topological polar surface area (TPSA) is 205 Å². The Morgan fingerprint density at radius 1 is 0.737 bits per heavy atom. The van der Waals surface area contributed by atoms with Crippen LogP contribution in [0.15, 0.2) is 0 Å². The van der Waals surface area contributed by atoms with Gasteiger partial charge in [-0.15, -0.1) is 12.4 Å². The molecule has 0 aromatic rings. The lowest BCUT2D eigenvalue weighted by Gasteiger charge is -2.23. The van der Waals surface area contributed by atoms with Crippen LogP contribution < -0.4 is 0 Å². The third-order valence-electron chi connectivity index (χ3n) is 1.55. The highest BCUT2D eigenvalue weighted by Gasteiger charge is 2.28. The van der Waals surface area contributed by atoms with Gasteiger partial charge in [-0.25, -0.2) is 9.13 Å². The highest BCUT2D eigenvalue weighted by atomic mass is 35.5. The number of rotatable bonds is 6. The maximum absolute atomic E-state index is 9.63. The molecule has 0 radical (unpaired) electrons. The van der Waals surface area contributed by atoms with Gasteiger partial charge in [0.2, 0.25) is 0 Å². The highest BCUT2D eigenvalue weighted by molar-refractivity contribution is 7.60. The predicted molar refractivity (Wildman–Crippen MR) is 63.2 cm³/mol. The van der Waals surface area contributed by atoms with Gasteiger partial charge in [0.05, 0.1) is 31.8 Å². The summed E-state index contributed by atoms with van der Waals surface area (Å²) < 4.78 is 22.2. The van der Waals surface area contributed by atoms with Crippen molar-refractivity contribution in [1.82, 2.24) is 0 Å². The number of hydrogen-bond donors (Lipinski definition) is 8. The summed E-state index contributed by atoms with van der Waals surface area (Å²) >= 11 is 0. The fraction of sp³-hybridized carbons (Fsp3) is 1.00. The number of aliphatic hydroxyl groups excluding tert-OH is 4. The molecule has 0 aromatic carbocycles. The zero-order chi connectivity index (χ0) is 15.0. The van der Waals surface area contributed by atoms with Crippen molar-refractivity contribution in [3.05, 3.63) is 0 Å². The average Bonchev–Trinajstić information content (AvgIpc) is 2.17. The molecular weight excluding hydrogens is 333 g/mol. The van der Waals surface area contributed by atoms with E-state index in [2.05, 4.69) is 4.31 Å². The molecule has 11 nitrogen and oxygen atoms in total. The van der Waals surface area contributed by atoms with Gasteiger partial charge in [-0.1, -0.05) is 0 Å². The van der Waals surface area contributed by atoms with E-state index in [4.69, 9.17) is 40.0 Å². The minimum Gasteiger partial charge on any atom is -0.396 e. The molecular formula is C5H17ClO11P2. The molecule has 0 aromatic heterocycles. The molecule has 0 rings (SSSR count). The van der Waals surface area contributed by atoms with Crippen molar-refractivity contribution in [2.75, 3.05) is 26.4 Å². The lowest BCUT2D eigenvalue weighted by molar-refractivity contribution is -0.0328. The summed E-state index contributed by atoms with van der Waals surface area (Å²) in [6.45, 7) is -1.62. The lowest BCUT2D eigenvalue weighted by Crippen LogP contribution is -2.37. The Hall–Kier alpha value is 0.390. The fourth-order valence-corrected chi connectivity index (χ4v) is 1.55. The first-order valence-electron chi connectivity index (χ1n) is 4.21. The van der Waals surface area contributed by atoms with E-state index in [-0.39, 0.29) is 12.4 Å². The molecule has 0 fully saturated rings. The minimum absolute atomic E-state index is 0. The zero-order valence-electron chi connectivity index (χ0n) is 9.43. The molecule has 19 heavy (non-hydrogen) atoms. The monoisotopic (exact) mass is 350 g/mol. The van der Waals surface area contributed by atoms with Crippen LogP contribution in [-0.2, 0) is 13.4 Å². The molecule has 14 heteroatoms. The molecule has 0 saturated carbocycles. The molecule has 0 spiro atoms. The zero-order valence-corrected chi connectivity index (χ0v) is 12.0. The van der Waals surface area contributed by atoms with Gasteiger partial charge >= 0.3 is 15.6 Å². The van der Waals surface area contributed by atoms with Crippen molar-refractivity contribution < 1.29 is 53.4 Å². The molecule has 0 atom stereocenters. The molecule has 0 heterocycles. The first kappa shape index (κ1) is 24.4. The van der Waals surface area contributed by atoms with E-state index in [1.807, 2.05) is 0 Å². The Balaban J connectivity index is -0.000000256. The van der Waals surface area contributed by atoms with E-state index in [0.717, 1.165) is 0 Å². The molecule has 0 bridgehead atoms. The van der Waals surface area contributed by atoms with E-state index >= 15 is 0 Å². The second-order valence-electron chi connectivity index (χ2n) is 3.20. The highest BCUT2D eigenvalue weighted by Crippen LogP contribution is 2.53. The van der Waals surface area contributed by atoms with Crippen LogP contribution in [0, 0.1) is 5.41 Å². The molecule has 0 saturated heterocycles. The summed E-state index contributed by atoms with van der Waals surface area (Å²) in [5.41, 5.74) is -1.11. The quantitative estimate of drug-likeness (QED) is 0.236. The number of phosphoric acid groups is 2. The van der Waals surface area contributed by atoms with Crippen molar-refractivity contribution in [3.8, 4) is 0 Å². The van der Waals surface area contributed by atoms with E-state index in [0.29, 0.717) is 0 Å². The van der Waals surface area contributed by atoms with E-state index in [1.165, 1.54) is 0 Å². The SMILES string of the molecule is Cl.O=P(O)(O)OP(=O)(O)O.OCC(CO)(CO)CO. The molecule has 0 aliphatic heterocycles. The van der Waals surface area contributed by atoms with Crippen LogP contribution in [0.25, 0.3) is 0 Å². The molecule has 0 aliphatic carbocycles. The van der Waals surface area contributed by atoms with Crippen LogP contribution in [0.5, 0.6) is 0 Å².